The van der Waals surface area contributed by atoms with Crippen molar-refractivity contribution >= 4 is 0 Å². The molecule has 1 atom stereocenters. The fourth-order valence-electron chi connectivity index (χ4n) is 2.76. The minimum absolute atomic E-state index is 0.249. The summed E-state index contributed by atoms with van der Waals surface area (Å²) in [5, 5.41) is 0. The SMILES string of the molecule is CCc1cccc(OCCC(CN)c2ccc3c(c2)OCO3)c1. The molecule has 0 radical (unpaired) electrons. The van der Waals surface area contributed by atoms with Gasteiger partial charge in [-0.1, -0.05) is 25.1 Å². The van der Waals surface area contributed by atoms with Gasteiger partial charge in [-0.25, -0.2) is 0 Å². The number of hydrogen-bond donors (Lipinski definition) is 1. The number of rotatable bonds is 7. The number of aryl methyl sites for hydroxylation is 1. The summed E-state index contributed by atoms with van der Waals surface area (Å²) in [6.45, 7) is 3.66. The number of benzene rings is 2. The Hall–Kier alpha value is -2.20. The van der Waals surface area contributed by atoms with Gasteiger partial charge < -0.3 is 19.9 Å². The van der Waals surface area contributed by atoms with Crippen molar-refractivity contribution in [3.05, 3.63) is 53.6 Å². The molecule has 0 spiro atoms. The van der Waals surface area contributed by atoms with Gasteiger partial charge >= 0.3 is 0 Å². The molecule has 1 heterocycles. The van der Waals surface area contributed by atoms with Crippen molar-refractivity contribution in [2.75, 3.05) is 19.9 Å². The Morgan fingerprint density at radius 2 is 2.00 bits per heavy atom. The van der Waals surface area contributed by atoms with Gasteiger partial charge in [-0.3, -0.25) is 0 Å². The van der Waals surface area contributed by atoms with E-state index in [1.807, 2.05) is 24.3 Å². The molecule has 0 saturated heterocycles. The molecule has 2 aromatic rings. The van der Waals surface area contributed by atoms with E-state index in [2.05, 4.69) is 25.1 Å². The molecule has 4 nitrogen and oxygen atoms in total. The van der Waals surface area contributed by atoms with Crippen LogP contribution in [0.2, 0.25) is 0 Å². The van der Waals surface area contributed by atoms with Crippen molar-refractivity contribution in [3.8, 4) is 17.2 Å². The normalized spacial score (nSPS) is 13.8. The van der Waals surface area contributed by atoms with E-state index < -0.39 is 0 Å². The molecule has 2 aromatic carbocycles. The zero-order valence-corrected chi connectivity index (χ0v) is 13.5. The largest absolute Gasteiger partial charge is 0.494 e. The predicted molar refractivity (Wildman–Crippen MR) is 90.3 cm³/mol. The summed E-state index contributed by atoms with van der Waals surface area (Å²) < 4.78 is 16.7. The first kappa shape index (κ1) is 15.7. The Morgan fingerprint density at radius 1 is 1.13 bits per heavy atom. The van der Waals surface area contributed by atoms with Crippen molar-refractivity contribution in [1.82, 2.24) is 0 Å². The first-order valence-electron chi connectivity index (χ1n) is 8.11. The second-order valence-corrected chi connectivity index (χ2v) is 5.68. The number of hydrogen-bond acceptors (Lipinski definition) is 4. The molecular formula is C19H23NO3. The molecule has 1 aliphatic rings. The zero-order valence-electron chi connectivity index (χ0n) is 13.5. The summed E-state index contributed by atoms with van der Waals surface area (Å²) >= 11 is 0. The van der Waals surface area contributed by atoms with Gasteiger partial charge in [0, 0.05) is 0 Å². The number of nitrogens with two attached hydrogens (primary N) is 1. The van der Waals surface area contributed by atoms with Crippen molar-refractivity contribution < 1.29 is 14.2 Å². The maximum absolute atomic E-state index is 5.95. The maximum Gasteiger partial charge on any atom is 0.231 e. The van der Waals surface area contributed by atoms with Crippen LogP contribution in [0.1, 0.15) is 30.4 Å². The second-order valence-electron chi connectivity index (χ2n) is 5.68. The van der Waals surface area contributed by atoms with E-state index in [4.69, 9.17) is 19.9 Å². The van der Waals surface area contributed by atoms with E-state index in [-0.39, 0.29) is 5.92 Å². The average Bonchev–Trinajstić information content (AvgIpc) is 3.06. The summed E-state index contributed by atoms with van der Waals surface area (Å²) in [5.74, 6) is 2.78. The van der Waals surface area contributed by atoms with E-state index in [1.165, 1.54) is 11.1 Å². The van der Waals surface area contributed by atoms with Gasteiger partial charge in [-0.05, 0) is 60.7 Å². The molecular weight excluding hydrogens is 290 g/mol. The van der Waals surface area contributed by atoms with Gasteiger partial charge in [0.1, 0.15) is 5.75 Å². The summed E-state index contributed by atoms with van der Waals surface area (Å²) in [5.41, 5.74) is 8.40. The quantitative estimate of drug-likeness (QED) is 0.850. The summed E-state index contributed by atoms with van der Waals surface area (Å²) in [4.78, 5) is 0. The summed E-state index contributed by atoms with van der Waals surface area (Å²) in [7, 11) is 0. The molecule has 0 saturated carbocycles. The number of ether oxygens (including phenoxy) is 3. The lowest BCUT2D eigenvalue weighted by Gasteiger charge is -2.16. The summed E-state index contributed by atoms with van der Waals surface area (Å²) in [6.07, 6.45) is 1.88. The Labute approximate surface area is 137 Å². The minimum atomic E-state index is 0.249. The summed E-state index contributed by atoms with van der Waals surface area (Å²) in [6, 6.07) is 14.3. The highest BCUT2D eigenvalue weighted by molar-refractivity contribution is 5.45. The van der Waals surface area contributed by atoms with Crippen molar-refractivity contribution in [1.29, 1.82) is 0 Å². The molecule has 0 amide bonds. The third kappa shape index (κ3) is 3.77. The van der Waals surface area contributed by atoms with Crippen LogP contribution in [0.25, 0.3) is 0 Å². The lowest BCUT2D eigenvalue weighted by Crippen LogP contribution is -2.15. The predicted octanol–water partition coefficient (Wildman–Crippen LogP) is 3.49. The van der Waals surface area contributed by atoms with Crippen molar-refractivity contribution in [2.24, 2.45) is 5.73 Å². The Balaban J connectivity index is 1.59. The molecule has 2 N–H and O–H groups in total. The molecule has 1 aliphatic heterocycles. The van der Waals surface area contributed by atoms with Crippen LogP contribution in [-0.4, -0.2) is 19.9 Å². The van der Waals surface area contributed by atoms with Gasteiger partial charge in [-0.15, -0.1) is 0 Å². The highest BCUT2D eigenvalue weighted by Crippen LogP contribution is 2.35. The van der Waals surface area contributed by atoms with Gasteiger partial charge in [0.2, 0.25) is 6.79 Å². The average molecular weight is 313 g/mol. The molecule has 0 fully saturated rings. The van der Waals surface area contributed by atoms with Crippen LogP contribution in [0.5, 0.6) is 17.2 Å². The molecule has 0 aliphatic carbocycles. The Kier molecular flexibility index (Phi) is 5.03. The van der Waals surface area contributed by atoms with E-state index >= 15 is 0 Å². The first-order valence-corrected chi connectivity index (χ1v) is 8.11. The van der Waals surface area contributed by atoms with Crippen LogP contribution in [0.3, 0.4) is 0 Å². The Bertz CT molecular complexity index is 657. The fourth-order valence-corrected chi connectivity index (χ4v) is 2.76. The lowest BCUT2D eigenvalue weighted by atomic mass is 9.96. The third-order valence-corrected chi connectivity index (χ3v) is 4.19. The second kappa shape index (κ2) is 7.38. The van der Waals surface area contributed by atoms with E-state index in [0.717, 1.165) is 30.1 Å². The molecule has 0 aromatic heterocycles. The smallest absolute Gasteiger partial charge is 0.231 e. The van der Waals surface area contributed by atoms with Gasteiger partial charge in [0.15, 0.2) is 11.5 Å². The third-order valence-electron chi connectivity index (χ3n) is 4.19. The van der Waals surface area contributed by atoms with E-state index in [0.29, 0.717) is 19.9 Å². The Morgan fingerprint density at radius 3 is 2.83 bits per heavy atom. The van der Waals surface area contributed by atoms with Crippen LogP contribution in [-0.2, 0) is 6.42 Å². The van der Waals surface area contributed by atoms with Crippen LogP contribution < -0.4 is 19.9 Å². The molecule has 122 valence electrons. The van der Waals surface area contributed by atoms with Gasteiger partial charge in [-0.2, -0.15) is 0 Å². The van der Waals surface area contributed by atoms with Crippen molar-refractivity contribution in [3.63, 3.8) is 0 Å². The molecule has 23 heavy (non-hydrogen) atoms. The fraction of sp³-hybridized carbons (Fsp3) is 0.368. The monoisotopic (exact) mass is 313 g/mol. The number of fused-ring (bicyclic) bond motifs is 1. The zero-order chi connectivity index (χ0) is 16.1. The van der Waals surface area contributed by atoms with Gasteiger partial charge in [0.05, 0.1) is 6.61 Å². The van der Waals surface area contributed by atoms with Crippen LogP contribution in [0.15, 0.2) is 42.5 Å². The highest BCUT2D eigenvalue weighted by Gasteiger charge is 2.17. The topological polar surface area (TPSA) is 53.7 Å². The van der Waals surface area contributed by atoms with E-state index in [9.17, 15) is 0 Å². The van der Waals surface area contributed by atoms with E-state index in [1.54, 1.807) is 0 Å². The first-order chi connectivity index (χ1) is 11.3. The molecule has 3 rings (SSSR count). The lowest BCUT2D eigenvalue weighted by molar-refractivity contribution is 0.174. The van der Waals surface area contributed by atoms with Crippen molar-refractivity contribution in [2.45, 2.75) is 25.7 Å². The van der Waals surface area contributed by atoms with Crippen LogP contribution in [0.4, 0.5) is 0 Å². The highest BCUT2D eigenvalue weighted by atomic mass is 16.7. The molecule has 1 unspecified atom stereocenters. The maximum atomic E-state index is 5.95. The standard InChI is InChI=1S/C19H23NO3/c1-2-14-4-3-5-17(10-14)21-9-8-16(12-20)15-6-7-18-19(11-15)23-13-22-18/h3-7,10-11,16H,2,8-9,12-13,20H2,1H3. The minimum Gasteiger partial charge on any atom is -0.494 e. The molecule has 0 bridgehead atoms. The van der Waals surface area contributed by atoms with Gasteiger partial charge in [0.25, 0.3) is 0 Å². The van der Waals surface area contributed by atoms with Crippen LogP contribution >= 0.6 is 0 Å². The molecule has 4 heteroatoms. The van der Waals surface area contributed by atoms with Crippen LogP contribution in [0, 0.1) is 0 Å².